The lowest BCUT2D eigenvalue weighted by Gasteiger charge is -2.36. The second kappa shape index (κ2) is 8.02. The Morgan fingerprint density at radius 1 is 1.23 bits per heavy atom. The van der Waals surface area contributed by atoms with E-state index in [0.29, 0.717) is 12.0 Å². The number of benzene rings is 2. The molecule has 1 spiro atoms. The summed E-state index contributed by atoms with van der Waals surface area (Å²) in [6.07, 6.45) is 5.81. The van der Waals surface area contributed by atoms with Crippen LogP contribution in [-0.4, -0.2) is 50.6 Å². The van der Waals surface area contributed by atoms with E-state index < -0.39 is 0 Å². The summed E-state index contributed by atoms with van der Waals surface area (Å²) < 4.78 is 23.3. The van der Waals surface area contributed by atoms with Crippen LogP contribution in [0.3, 0.4) is 0 Å². The second-order valence-electron chi connectivity index (χ2n) is 8.48. The number of carbonyl (C=O) groups excluding carboxylic acids is 1. The van der Waals surface area contributed by atoms with Gasteiger partial charge in [-0.05, 0) is 43.8 Å². The number of carbonyl (C=O) groups is 1. The van der Waals surface area contributed by atoms with E-state index in [9.17, 15) is 4.79 Å². The van der Waals surface area contributed by atoms with Gasteiger partial charge < -0.3 is 23.8 Å². The number of methoxy groups -OCH3 is 1. The Hall–Kier alpha value is -2.83. The number of hydrogen-bond donors (Lipinski definition) is 0. The van der Waals surface area contributed by atoms with Crippen molar-refractivity contribution in [3.8, 4) is 11.5 Å². The molecule has 1 aliphatic carbocycles. The SMILES string of the molecule is COc1ccc2c3c1OC1CC(OCOC(=O)c4ccccc4)C=CC31CCN(C)C2. The molecule has 5 rings (SSSR count). The van der Waals surface area contributed by atoms with Crippen molar-refractivity contribution in [1.82, 2.24) is 4.90 Å². The van der Waals surface area contributed by atoms with E-state index in [0.717, 1.165) is 31.0 Å². The highest BCUT2D eigenvalue weighted by atomic mass is 16.7. The van der Waals surface area contributed by atoms with E-state index in [4.69, 9.17) is 18.9 Å². The van der Waals surface area contributed by atoms with Crippen molar-refractivity contribution in [2.24, 2.45) is 0 Å². The average Bonchev–Trinajstić information content (AvgIpc) is 3.05. The topological polar surface area (TPSA) is 57.2 Å². The van der Waals surface area contributed by atoms with Crippen LogP contribution in [0.2, 0.25) is 0 Å². The zero-order valence-electron chi connectivity index (χ0n) is 17.9. The van der Waals surface area contributed by atoms with E-state index in [1.807, 2.05) is 24.3 Å². The van der Waals surface area contributed by atoms with Crippen molar-refractivity contribution in [3.63, 3.8) is 0 Å². The van der Waals surface area contributed by atoms with Gasteiger partial charge in [-0.3, -0.25) is 0 Å². The van der Waals surface area contributed by atoms with Gasteiger partial charge >= 0.3 is 5.97 Å². The summed E-state index contributed by atoms with van der Waals surface area (Å²) in [7, 11) is 3.84. The smallest absolute Gasteiger partial charge is 0.340 e. The third-order valence-corrected chi connectivity index (χ3v) is 6.61. The molecule has 2 aromatic rings. The van der Waals surface area contributed by atoms with Gasteiger partial charge in [-0.1, -0.05) is 36.4 Å². The van der Waals surface area contributed by atoms with Crippen molar-refractivity contribution in [3.05, 3.63) is 71.3 Å². The van der Waals surface area contributed by atoms with Gasteiger partial charge in [0.15, 0.2) is 18.3 Å². The molecule has 0 N–H and O–H groups in total. The molecule has 6 heteroatoms. The van der Waals surface area contributed by atoms with E-state index in [2.05, 4.69) is 30.2 Å². The highest BCUT2D eigenvalue weighted by molar-refractivity contribution is 5.89. The minimum Gasteiger partial charge on any atom is -0.493 e. The van der Waals surface area contributed by atoms with Crippen molar-refractivity contribution in [2.75, 3.05) is 27.5 Å². The van der Waals surface area contributed by atoms with Crippen LogP contribution in [-0.2, 0) is 21.4 Å². The van der Waals surface area contributed by atoms with Crippen LogP contribution in [0.1, 0.15) is 34.3 Å². The first-order valence-electron chi connectivity index (χ1n) is 10.7. The van der Waals surface area contributed by atoms with Crippen molar-refractivity contribution < 1.29 is 23.7 Å². The third-order valence-electron chi connectivity index (χ3n) is 6.61. The fourth-order valence-corrected chi connectivity index (χ4v) is 5.02. The van der Waals surface area contributed by atoms with Gasteiger partial charge in [0.1, 0.15) is 6.10 Å². The first kappa shape index (κ1) is 20.1. The van der Waals surface area contributed by atoms with Crippen LogP contribution in [0.5, 0.6) is 11.5 Å². The summed E-state index contributed by atoms with van der Waals surface area (Å²) in [6, 6.07) is 13.1. The minimum absolute atomic E-state index is 0.0381. The number of ether oxygens (including phenoxy) is 4. The molecule has 0 saturated heterocycles. The lowest BCUT2D eigenvalue weighted by Crippen LogP contribution is -2.43. The molecule has 0 saturated carbocycles. The van der Waals surface area contributed by atoms with E-state index in [1.54, 1.807) is 19.2 Å². The van der Waals surface area contributed by atoms with Gasteiger partial charge in [-0.2, -0.15) is 0 Å². The molecule has 0 fully saturated rings. The van der Waals surface area contributed by atoms with Crippen LogP contribution < -0.4 is 9.47 Å². The number of hydrogen-bond acceptors (Lipinski definition) is 6. The second-order valence-corrected chi connectivity index (χ2v) is 8.48. The van der Waals surface area contributed by atoms with Gasteiger partial charge in [0.05, 0.1) is 24.2 Å². The fourth-order valence-electron chi connectivity index (χ4n) is 5.02. The average molecular weight is 421 g/mol. The molecule has 2 aromatic carbocycles. The summed E-state index contributed by atoms with van der Waals surface area (Å²) in [6.45, 7) is 1.79. The standard InChI is InChI=1S/C25H27NO5/c1-26-13-12-25-11-10-19(29-16-30-24(27)17-6-4-3-5-7-17)14-21(25)31-23-20(28-2)9-8-18(15-26)22(23)25/h3-11,19,21H,12-16H2,1-2H3. The number of nitrogens with zero attached hydrogens (tertiary/aromatic N) is 1. The van der Waals surface area contributed by atoms with E-state index in [-0.39, 0.29) is 30.4 Å². The molecule has 3 aliphatic rings. The Morgan fingerprint density at radius 2 is 2.06 bits per heavy atom. The van der Waals surface area contributed by atoms with Crippen molar-refractivity contribution in [2.45, 2.75) is 37.0 Å². The third kappa shape index (κ3) is 3.50. The molecule has 0 aromatic heterocycles. The first-order valence-corrected chi connectivity index (χ1v) is 10.7. The van der Waals surface area contributed by atoms with Gasteiger partial charge in [-0.25, -0.2) is 4.79 Å². The molecule has 3 unspecified atom stereocenters. The fraction of sp³-hybridized carbons (Fsp3) is 0.400. The maximum atomic E-state index is 12.1. The Labute approximate surface area is 182 Å². The summed E-state index contributed by atoms with van der Waals surface area (Å²) in [4.78, 5) is 14.5. The largest absolute Gasteiger partial charge is 0.493 e. The van der Waals surface area contributed by atoms with Crippen LogP contribution >= 0.6 is 0 Å². The Balaban J connectivity index is 1.33. The molecule has 0 amide bonds. The molecule has 6 nitrogen and oxygen atoms in total. The minimum atomic E-state index is -0.387. The Bertz CT molecular complexity index is 1000. The lowest BCUT2D eigenvalue weighted by molar-refractivity contribution is -0.0655. The Kier molecular flexibility index (Phi) is 5.20. The molecule has 162 valence electrons. The van der Waals surface area contributed by atoms with Crippen LogP contribution in [0.15, 0.2) is 54.6 Å². The molecule has 3 atom stereocenters. The quantitative estimate of drug-likeness (QED) is 0.417. The van der Waals surface area contributed by atoms with Gasteiger partial charge in [-0.15, -0.1) is 0 Å². The van der Waals surface area contributed by atoms with Gasteiger partial charge in [0.25, 0.3) is 0 Å². The molecular weight excluding hydrogens is 394 g/mol. The molecule has 2 heterocycles. The monoisotopic (exact) mass is 421 g/mol. The maximum absolute atomic E-state index is 12.1. The predicted octanol–water partition coefficient (Wildman–Crippen LogP) is 3.69. The maximum Gasteiger partial charge on any atom is 0.340 e. The zero-order chi connectivity index (χ0) is 21.4. The van der Waals surface area contributed by atoms with Crippen LogP contribution in [0.25, 0.3) is 0 Å². The summed E-state index contributed by atoms with van der Waals surface area (Å²) >= 11 is 0. The summed E-state index contributed by atoms with van der Waals surface area (Å²) in [5.41, 5.74) is 2.89. The zero-order valence-corrected chi connectivity index (χ0v) is 17.9. The summed E-state index contributed by atoms with van der Waals surface area (Å²) in [5.74, 6) is 1.25. The van der Waals surface area contributed by atoms with Crippen molar-refractivity contribution in [1.29, 1.82) is 0 Å². The molecule has 0 radical (unpaired) electrons. The highest BCUT2D eigenvalue weighted by Crippen LogP contribution is 2.55. The normalized spacial score (nSPS) is 26.4. The first-order chi connectivity index (χ1) is 15.1. The summed E-state index contributed by atoms with van der Waals surface area (Å²) in [5, 5.41) is 0. The molecular formula is C25H27NO5. The molecule has 31 heavy (non-hydrogen) atoms. The lowest BCUT2D eigenvalue weighted by atomic mass is 9.69. The van der Waals surface area contributed by atoms with Gasteiger partial charge in [0, 0.05) is 18.5 Å². The highest BCUT2D eigenvalue weighted by Gasteiger charge is 2.52. The predicted molar refractivity (Wildman–Crippen MR) is 115 cm³/mol. The number of rotatable bonds is 5. The van der Waals surface area contributed by atoms with Gasteiger partial charge in [0.2, 0.25) is 0 Å². The van der Waals surface area contributed by atoms with E-state index in [1.165, 1.54) is 11.1 Å². The molecule has 2 aliphatic heterocycles. The molecule has 0 bridgehead atoms. The van der Waals surface area contributed by atoms with Crippen LogP contribution in [0, 0.1) is 0 Å². The van der Waals surface area contributed by atoms with E-state index >= 15 is 0 Å². The Morgan fingerprint density at radius 3 is 2.87 bits per heavy atom. The number of esters is 1. The van der Waals surface area contributed by atoms with Crippen molar-refractivity contribution >= 4 is 5.97 Å². The van der Waals surface area contributed by atoms with Crippen LogP contribution in [0.4, 0.5) is 0 Å².